The summed E-state index contributed by atoms with van der Waals surface area (Å²) in [6.45, 7) is 8.94. The van der Waals surface area contributed by atoms with Gasteiger partial charge >= 0.3 is 0 Å². The van der Waals surface area contributed by atoms with Crippen molar-refractivity contribution in [3.63, 3.8) is 0 Å². The van der Waals surface area contributed by atoms with Crippen molar-refractivity contribution in [2.45, 2.75) is 45.6 Å². The van der Waals surface area contributed by atoms with Crippen LogP contribution in [0.25, 0.3) is 0 Å². The van der Waals surface area contributed by atoms with Crippen molar-refractivity contribution in [1.82, 2.24) is 15.4 Å². The largest absolute Gasteiger partial charge is 0.497 e. The minimum atomic E-state index is -0.195. The molecule has 1 atom stereocenters. The number of hydrogen-bond acceptors (Lipinski definition) is 5. The fraction of sp³-hybridized carbons (Fsp3) is 0.545. The lowest BCUT2D eigenvalue weighted by molar-refractivity contribution is 0.0904. The highest BCUT2D eigenvalue weighted by Gasteiger charge is 2.26. The molecule has 1 aliphatic rings. The minimum Gasteiger partial charge on any atom is -0.497 e. The third kappa shape index (κ3) is 4.93. The summed E-state index contributed by atoms with van der Waals surface area (Å²) < 4.78 is 10.5. The van der Waals surface area contributed by atoms with Crippen LogP contribution in [0, 0.1) is 5.92 Å². The Morgan fingerprint density at radius 1 is 1.29 bits per heavy atom. The van der Waals surface area contributed by atoms with Gasteiger partial charge in [0.2, 0.25) is 0 Å². The Morgan fingerprint density at radius 2 is 1.96 bits per heavy atom. The first-order valence-electron chi connectivity index (χ1n) is 10.1. The zero-order chi connectivity index (χ0) is 20.1. The van der Waals surface area contributed by atoms with Crippen LogP contribution in [0.4, 0.5) is 0 Å². The SMILES string of the molecule is COc1ccc(C(CNC(=O)c2cc(C(C)C)on2)N2CCC(C)CC2)cc1. The number of rotatable bonds is 7. The van der Waals surface area contributed by atoms with Crippen LogP contribution >= 0.6 is 0 Å². The van der Waals surface area contributed by atoms with Crippen LogP contribution in [-0.2, 0) is 0 Å². The summed E-state index contributed by atoms with van der Waals surface area (Å²) in [6.07, 6.45) is 2.36. The van der Waals surface area contributed by atoms with E-state index in [4.69, 9.17) is 9.26 Å². The smallest absolute Gasteiger partial charge is 0.273 e. The lowest BCUT2D eigenvalue weighted by Gasteiger charge is -2.37. The summed E-state index contributed by atoms with van der Waals surface area (Å²) in [7, 11) is 1.67. The predicted molar refractivity (Wildman–Crippen MR) is 109 cm³/mol. The van der Waals surface area contributed by atoms with E-state index in [2.05, 4.69) is 34.4 Å². The number of carbonyl (C=O) groups excluding carboxylic acids is 1. The fourth-order valence-corrected chi connectivity index (χ4v) is 3.57. The zero-order valence-corrected chi connectivity index (χ0v) is 17.3. The standard InChI is InChI=1S/C22H31N3O3/c1-15(2)21-13-19(24-28-21)22(26)23-14-20(25-11-9-16(3)10-12-25)17-5-7-18(27-4)8-6-17/h5-8,13,15-16,20H,9-12,14H2,1-4H3,(H,23,26). The van der Waals surface area contributed by atoms with Crippen molar-refractivity contribution < 1.29 is 14.1 Å². The molecule has 1 unspecified atom stereocenters. The highest BCUT2D eigenvalue weighted by molar-refractivity contribution is 5.92. The van der Waals surface area contributed by atoms with Gasteiger partial charge in [-0.3, -0.25) is 9.69 Å². The third-order valence-corrected chi connectivity index (χ3v) is 5.55. The summed E-state index contributed by atoms with van der Waals surface area (Å²) in [5.74, 6) is 2.33. The van der Waals surface area contributed by atoms with Crippen molar-refractivity contribution in [1.29, 1.82) is 0 Å². The van der Waals surface area contributed by atoms with E-state index in [1.54, 1.807) is 13.2 Å². The van der Waals surface area contributed by atoms with Gasteiger partial charge in [0.15, 0.2) is 5.69 Å². The van der Waals surface area contributed by atoms with E-state index < -0.39 is 0 Å². The molecule has 152 valence electrons. The van der Waals surface area contributed by atoms with Gasteiger partial charge in [0.05, 0.1) is 13.2 Å². The van der Waals surface area contributed by atoms with Gasteiger partial charge in [-0.1, -0.05) is 38.1 Å². The van der Waals surface area contributed by atoms with E-state index in [-0.39, 0.29) is 17.9 Å². The van der Waals surface area contributed by atoms with E-state index in [0.717, 1.165) is 30.5 Å². The summed E-state index contributed by atoms with van der Waals surface area (Å²) in [5, 5.41) is 6.97. The second-order valence-electron chi connectivity index (χ2n) is 7.99. The van der Waals surface area contributed by atoms with Gasteiger partial charge in [-0.05, 0) is 49.5 Å². The second kappa shape index (κ2) is 9.24. The molecule has 1 amide bonds. The molecule has 0 bridgehead atoms. The predicted octanol–water partition coefficient (Wildman–Crippen LogP) is 4.01. The third-order valence-electron chi connectivity index (χ3n) is 5.55. The molecule has 6 heteroatoms. The Kier molecular flexibility index (Phi) is 6.73. The Balaban J connectivity index is 1.71. The number of piperidine rings is 1. The van der Waals surface area contributed by atoms with Crippen LogP contribution in [0.5, 0.6) is 5.75 Å². The minimum absolute atomic E-state index is 0.124. The van der Waals surface area contributed by atoms with Crippen LogP contribution in [0.15, 0.2) is 34.9 Å². The Bertz CT molecular complexity index is 762. The van der Waals surface area contributed by atoms with Crippen molar-refractivity contribution >= 4 is 5.91 Å². The van der Waals surface area contributed by atoms with Gasteiger partial charge in [-0.15, -0.1) is 0 Å². The van der Waals surface area contributed by atoms with Crippen LogP contribution < -0.4 is 10.1 Å². The lowest BCUT2D eigenvalue weighted by atomic mass is 9.95. The number of likely N-dealkylation sites (tertiary alicyclic amines) is 1. The molecule has 0 saturated carbocycles. The number of benzene rings is 1. The molecule has 6 nitrogen and oxygen atoms in total. The number of hydrogen-bond donors (Lipinski definition) is 1. The average molecular weight is 386 g/mol. The monoisotopic (exact) mass is 385 g/mol. The molecule has 0 radical (unpaired) electrons. The Labute approximate surface area is 167 Å². The molecule has 1 aromatic carbocycles. The topological polar surface area (TPSA) is 67.6 Å². The highest BCUT2D eigenvalue weighted by Crippen LogP contribution is 2.27. The molecular formula is C22H31N3O3. The van der Waals surface area contributed by atoms with Crippen molar-refractivity contribution in [2.24, 2.45) is 5.92 Å². The van der Waals surface area contributed by atoms with Gasteiger partial charge in [0, 0.05) is 18.5 Å². The first kappa shape index (κ1) is 20.4. The maximum absolute atomic E-state index is 12.6. The van der Waals surface area contributed by atoms with Gasteiger partial charge in [0.25, 0.3) is 5.91 Å². The molecule has 1 saturated heterocycles. The molecule has 0 spiro atoms. The van der Waals surface area contributed by atoms with Gasteiger partial charge in [-0.25, -0.2) is 0 Å². The normalized spacial score (nSPS) is 16.9. The first-order chi connectivity index (χ1) is 13.5. The fourth-order valence-electron chi connectivity index (χ4n) is 3.57. The zero-order valence-electron chi connectivity index (χ0n) is 17.3. The quantitative estimate of drug-likeness (QED) is 0.780. The first-order valence-corrected chi connectivity index (χ1v) is 10.1. The number of nitrogens with zero attached hydrogens (tertiary/aromatic N) is 2. The van der Waals surface area contributed by atoms with Crippen molar-refractivity contribution in [2.75, 3.05) is 26.7 Å². The molecule has 1 fully saturated rings. The van der Waals surface area contributed by atoms with E-state index in [1.165, 1.54) is 18.4 Å². The van der Waals surface area contributed by atoms with Gasteiger partial charge < -0.3 is 14.6 Å². The van der Waals surface area contributed by atoms with Crippen molar-refractivity contribution in [3.8, 4) is 5.75 Å². The number of aromatic nitrogens is 1. The van der Waals surface area contributed by atoms with Crippen LogP contribution in [-0.4, -0.2) is 42.7 Å². The summed E-state index contributed by atoms with van der Waals surface area (Å²) in [4.78, 5) is 15.0. The van der Waals surface area contributed by atoms with E-state index in [1.807, 2.05) is 26.0 Å². The van der Waals surface area contributed by atoms with Gasteiger partial charge in [-0.2, -0.15) is 0 Å². The molecule has 0 aliphatic carbocycles. The Morgan fingerprint density at radius 3 is 2.54 bits per heavy atom. The van der Waals surface area contributed by atoms with E-state index in [0.29, 0.717) is 12.2 Å². The molecule has 1 aliphatic heterocycles. The molecule has 1 aromatic heterocycles. The van der Waals surface area contributed by atoms with E-state index in [9.17, 15) is 4.79 Å². The number of amides is 1. The summed E-state index contributed by atoms with van der Waals surface area (Å²) in [5.41, 5.74) is 1.52. The summed E-state index contributed by atoms with van der Waals surface area (Å²) >= 11 is 0. The number of carbonyl (C=O) groups is 1. The molecule has 1 N–H and O–H groups in total. The number of ether oxygens (including phenoxy) is 1. The highest BCUT2D eigenvalue weighted by atomic mass is 16.5. The molecule has 3 rings (SSSR count). The Hall–Kier alpha value is -2.34. The molecule has 2 aromatic rings. The number of methoxy groups -OCH3 is 1. The maximum Gasteiger partial charge on any atom is 0.273 e. The van der Waals surface area contributed by atoms with Gasteiger partial charge in [0.1, 0.15) is 11.5 Å². The van der Waals surface area contributed by atoms with Crippen molar-refractivity contribution in [3.05, 3.63) is 47.3 Å². The molecule has 28 heavy (non-hydrogen) atoms. The average Bonchev–Trinajstić information content (AvgIpc) is 3.20. The molecular weight excluding hydrogens is 354 g/mol. The van der Waals surface area contributed by atoms with Crippen LogP contribution in [0.2, 0.25) is 0 Å². The van der Waals surface area contributed by atoms with E-state index >= 15 is 0 Å². The number of nitrogens with one attached hydrogen (secondary N) is 1. The maximum atomic E-state index is 12.6. The van der Waals surface area contributed by atoms with Crippen LogP contribution in [0.1, 0.15) is 67.4 Å². The second-order valence-corrected chi connectivity index (χ2v) is 7.99. The summed E-state index contributed by atoms with van der Waals surface area (Å²) in [6, 6.07) is 9.97. The van der Waals surface area contributed by atoms with Crippen LogP contribution in [0.3, 0.4) is 0 Å². The molecule has 2 heterocycles. The lowest BCUT2D eigenvalue weighted by Crippen LogP contribution is -2.42.